The molecule has 1 aromatic heterocycles. The molecule has 0 bridgehead atoms. The van der Waals surface area contributed by atoms with Crippen LogP contribution < -0.4 is 5.73 Å². The van der Waals surface area contributed by atoms with Crippen LogP contribution in [0.5, 0.6) is 0 Å². The standard InChI is InChI=1S/C9H16N2/c1-7(2)9(10)5-8-3-4-11-6-8/h3-4,6-7,9,11H,5,10H2,1-2H3. The number of rotatable bonds is 3. The van der Waals surface area contributed by atoms with Crippen LogP contribution in [-0.2, 0) is 6.42 Å². The van der Waals surface area contributed by atoms with E-state index < -0.39 is 0 Å². The second kappa shape index (κ2) is 3.58. The second-order valence-electron chi connectivity index (χ2n) is 3.33. The van der Waals surface area contributed by atoms with Gasteiger partial charge in [-0.3, -0.25) is 0 Å². The quantitative estimate of drug-likeness (QED) is 0.677. The van der Waals surface area contributed by atoms with E-state index in [1.807, 2.05) is 12.4 Å². The Morgan fingerprint density at radius 2 is 2.27 bits per heavy atom. The molecule has 0 aromatic carbocycles. The van der Waals surface area contributed by atoms with E-state index in [-0.39, 0.29) is 6.04 Å². The van der Waals surface area contributed by atoms with E-state index in [4.69, 9.17) is 5.73 Å². The molecule has 0 aliphatic rings. The first kappa shape index (κ1) is 8.34. The van der Waals surface area contributed by atoms with Gasteiger partial charge in [0.2, 0.25) is 0 Å². The highest BCUT2D eigenvalue weighted by Gasteiger charge is 2.07. The summed E-state index contributed by atoms with van der Waals surface area (Å²) in [6, 6.07) is 2.35. The fraction of sp³-hybridized carbons (Fsp3) is 0.556. The SMILES string of the molecule is CC(C)C(N)Cc1cc[nH]c1. The Labute approximate surface area is 67.8 Å². The molecule has 1 heterocycles. The highest BCUT2D eigenvalue weighted by atomic mass is 14.7. The van der Waals surface area contributed by atoms with Gasteiger partial charge < -0.3 is 10.7 Å². The summed E-state index contributed by atoms with van der Waals surface area (Å²) in [7, 11) is 0. The lowest BCUT2D eigenvalue weighted by molar-refractivity contribution is 0.491. The topological polar surface area (TPSA) is 41.8 Å². The first-order valence-corrected chi connectivity index (χ1v) is 4.07. The van der Waals surface area contributed by atoms with Gasteiger partial charge in [-0.15, -0.1) is 0 Å². The molecular formula is C9H16N2. The average molecular weight is 152 g/mol. The molecule has 0 aliphatic heterocycles. The largest absolute Gasteiger partial charge is 0.367 e. The van der Waals surface area contributed by atoms with Crippen LogP contribution in [0.3, 0.4) is 0 Å². The van der Waals surface area contributed by atoms with E-state index in [2.05, 4.69) is 24.9 Å². The maximum absolute atomic E-state index is 5.89. The molecular weight excluding hydrogens is 136 g/mol. The maximum Gasteiger partial charge on any atom is 0.0103 e. The molecule has 1 atom stereocenters. The summed E-state index contributed by atoms with van der Waals surface area (Å²) in [5.74, 6) is 0.560. The van der Waals surface area contributed by atoms with Crippen molar-refractivity contribution in [2.75, 3.05) is 0 Å². The van der Waals surface area contributed by atoms with Crippen LogP contribution in [0.25, 0.3) is 0 Å². The molecule has 1 rings (SSSR count). The molecule has 2 heteroatoms. The number of hydrogen-bond acceptors (Lipinski definition) is 1. The van der Waals surface area contributed by atoms with Crippen LogP contribution in [-0.4, -0.2) is 11.0 Å². The average Bonchev–Trinajstić information content (AvgIpc) is 2.39. The Balaban J connectivity index is 2.43. The van der Waals surface area contributed by atoms with E-state index in [1.165, 1.54) is 5.56 Å². The lowest BCUT2D eigenvalue weighted by Gasteiger charge is -2.13. The molecule has 1 unspecified atom stereocenters. The second-order valence-corrected chi connectivity index (χ2v) is 3.33. The molecule has 2 nitrogen and oxygen atoms in total. The molecule has 0 fully saturated rings. The highest BCUT2D eigenvalue weighted by molar-refractivity contribution is 5.09. The van der Waals surface area contributed by atoms with Crippen molar-refractivity contribution in [3.63, 3.8) is 0 Å². The molecule has 11 heavy (non-hydrogen) atoms. The zero-order valence-electron chi connectivity index (χ0n) is 7.17. The summed E-state index contributed by atoms with van der Waals surface area (Å²) < 4.78 is 0. The van der Waals surface area contributed by atoms with Gasteiger partial charge in [0.25, 0.3) is 0 Å². The van der Waals surface area contributed by atoms with Gasteiger partial charge >= 0.3 is 0 Å². The predicted molar refractivity (Wildman–Crippen MR) is 47.3 cm³/mol. The van der Waals surface area contributed by atoms with Crippen LogP contribution >= 0.6 is 0 Å². The van der Waals surface area contributed by atoms with E-state index in [0.717, 1.165) is 6.42 Å². The fourth-order valence-electron chi connectivity index (χ4n) is 0.993. The van der Waals surface area contributed by atoms with Gasteiger partial charge in [-0.25, -0.2) is 0 Å². The van der Waals surface area contributed by atoms with Crippen LogP contribution in [0.2, 0.25) is 0 Å². The summed E-state index contributed by atoms with van der Waals surface area (Å²) in [5.41, 5.74) is 7.19. The first-order chi connectivity index (χ1) is 5.20. The van der Waals surface area contributed by atoms with Crippen molar-refractivity contribution in [1.29, 1.82) is 0 Å². The van der Waals surface area contributed by atoms with Gasteiger partial charge in [-0.05, 0) is 24.0 Å². The molecule has 0 saturated heterocycles. The number of nitrogens with two attached hydrogens (primary N) is 1. The molecule has 0 amide bonds. The Morgan fingerprint density at radius 3 is 2.73 bits per heavy atom. The minimum atomic E-state index is 0.283. The normalized spacial score (nSPS) is 13.8. The predicted octanol–water partition coefficient (Wildman–Crippen LogP) is 1.54. The smallest absolute Gasteiger partial charge is 0.0103 e. The minimum Gasteiger partial charge on any atom is -0.367 e. The summed E-state index contributed by atoms with van der Waals surface area (Å²) in [5, 5.41) is 0. The van der Waals surface area contributed by atoms with Crippen molar-refractivity contribution in [3.8, 4) is 0 Å². The van der Waals surface area contributed by atoms with Gasteiger partial charge in [0.15, 0.2) is 0 Å². The first-order valence-electron chi connectivity index (χ1n) is 4.07. The van der Waals surface area contributed by atoms with Crippen LogP contribution in [0.15, 0.2) is 18.5 Å². The summed E-state index contributed by atoms with van der Waals surface area (Å²) in [6.07, 6.45) is 4.91. The number of aromatic nitrogens is 1. The lowest BCUT2D eigenvalue weighted by Crippen LogP contribution is -2.28. The molecule has 0 radical (unpaired) electrons. The van der Waals surface area contributed by atoms with Crippen molar-refractivity contribution >= 4 is 0 Å². The molecule has 1 aromatic rings. The van der Waals surface area contributed by atoms with Gasteiger partial charge in [0.05, 0.1) is 0 Å². The van der Waals surface area contributed by atoms with Gasteiger partial charge in [0, 0.05) is 18.4 Å². The van der Waals surface area contributed by atoms with Gasteiger partial charge in [0.1, 0.15) is 0 Å². The minimum absolute atomic E-state index is 0.283. The number of H-pyrrole nitrogens is 1. The highest BCUT2D eigenvalue weighted by Crippen LogP contribution is 2.06. The van der Waals surface area contributed by atoms with Crippen LogP contribution in [0, 0.1) is 5.92 Å². The number of nitrogens with one attached hydrogen (secondary N) is 1. The zero-order valence-corrected chi connectivity index (χ0v) is 7.17. The van der Waals surface area contributed by atoms with Crippen molar-refractivity contribution in [1.82, 2.24) is 4.98 Å². The van der Waals surface area contributed by atoms with Crippen molar-refractivity contribution < 1.29 is 0 Å². The molecule has 0 spiro atoms. The molecule has 62 valence electrons. The lowest BCUT2D eigenvalue weighted by atomic mass is 9.99. The summed E-state index contributed by atoms with van der Waals surface area (Å²) in [6.45, 7) is 4.30. The Morgan fingerprint density at radius 1 is 1.55 bits per heavy atom. The third-order valence-corrected chi connectivity index (χ3v) is 1.99. The van der Waals surface area contributed by atoms with E-state index in [0.29, 0.717) is 5.92 Å². The monoisotopic (exact) mass is 152 g/mol. The third-order valence-electron chi connectivity index (χ3n) is 1.99. The Bertz CT molecular complexity index is 189. The zero-order chi connectivity index (χ0) is 8.27. The van der Waals surface area contributed by atoms with Gasteiger partial charge in [-0.1, -0.05) is 13.8 Å². The molecule has 0 aliphatic carbocycles. The van der Waals surface area contributed by atoms with Crippen molar-refractivity contribution in [3.05, 3.63) is 24.0 Å². The summed E-state index contributed by atoms with van der Waals surface area (Å²) in [4.78, 5) is 3.02. The molecule has 3 N–H and O–H groups in total. The van der Waals surface area contributed by atoms with Crippen molar-refractivity contribution in [2.24, 2.45) is 11.7 Å². The van der Waals surface area contributed by atoms with E-state index >= 15 is 0 Å². The van der Waals surface area contributed by atoms with E-state index in [9.17, 15) is 0 Å². The fourth-order valence-corrected chi connectivity index (χ4v) is 0.993. The number of aromatic amines is 1. The van der Waals surface area contributed by atoms with Crippen molar-refractivity contribution in [2.45, 2.75) is 26.3 Å². The van der Waals surface area contributed by atoms with Gasteiger partial charge in [-0.2, -0.15) is 0 Å². The Kier molecular flexibility index (Phi) is 2.71. The van der Waals surface area contributed by atoms with Crippen LogP contribution in [0.4, 0.5) is 0 Å². The number of hydrogen-bond donors (Lipinski definition) is 2. The Hall–Kier alpha value is -0.760. The maximum atomic E-state index is 5.89. The molecule has 0 saturated carbocycles. The van der Waals surface area contributed by atoms with E-state index in [1.54, 1.807) is 0 Å². The summed E-state index contributed by atoms with van der Waals surface area (Å²) >= 11 is 0. The van der Waals surface area contributed by atoms with Crippen LogP contribution in [0.1, 0.15) is 19.4 Å². The third kappa shape index (κ3) is 2.39.